The standard InChI is InChI=1S/C18H19BrClN3O4S/c1-22(2)18(25)12-4-7-14(8-5-12)23(28(3,26)27)11-17(24)21-13-6-9-15(19)16(20)10-13/h4-10H,11H2,1-3H3,(H,21,24). The number of carbonyl (C=O) groups is 2. The maximum Gasteiger partial charge on any atom is 0.253 e. The minimum absolute atomic E-state index is 0.206. The van der Waals surface area contributed by atoms with Crippen molar-refractivity contribution in [3.63, 3.8) is 0 Å². The highest BCUT2D eigenvalue weighted by atomic mass is 79.9. The van der Waals surface area contributed by atoms with Crippen molar-refractivity contribution in [1.29, 1.82) is 0 Å². The van der Waals surface area contributed by atoms with Gasteiger partial charge in [-0.25, -0.2) is 8.42 Å². The van der Waals surface area contributed by atoms with E-state index in [9.17, 15) is 18.0 Å². The van der Waals surface area contributed by atoms with Gasteiger partial charge in [-0.2, -0.15) is 0 Å². The Hall–Kier alpha value is -2.10. The molecule has 0 spiro atoms. The molecule has 0 fully saturated rings. The van der Waals surface area contributed by atoms with Crippen molar-refractivity contribution in [2.24, 2.45) is 0 Å². The van der Waals surface area contributed by atoms with Gasteiger partial charge in [-0.1, -0.05) is 11.6 Å². The molecular formula is C18H19BrClN3O4S. The zero-order chi connectivity index (χ0) is 21.1. The van der Waals surface area contributed by atoms with Crippen molar-refractivity contribution < 1.29 is 18.0 Å². The molecule has 0 saturated carbocycles. The third kappa shape index (κ3) is 5.70. The average Bonchev–Trinajstić information content (AvgIpc) is 2.61. The number of amides is 2. The minimum Gasteiger partial charge on any atom is -0.345 e. The quantitative estimate of drug-likeness (QED) is 0.676. The molecule has 2 aromatic rings. The molecule has 0 aliphatic heterocycles. The highest BCUT2D eigenvalue weighted by Crippen LogP contribution is 2.25. The summed E-state index contributed by atoms with van der Waals surface area (Å²) in [6, 6.07) is 10.9. The maximum atomic E-state index is 12.4. The molecule has 150 valence electrons. The molecule has 10 heteroatoms. The van der Waals surface area contributed by atoms with Crippen molar-refractivity contribution >= 4 is 60.7 Å². The number of anilines is 2. The van der Waals surface area contributed by atoms with Crippen molar-refractivity contribution in [3.05, 3.63) is 57.5 Å². The van der Waals surface area contributed by atoms with Crippen LogP contribution in [0.5, 0.6) is 0 Å². The van der Waals surface area contributed by atoms with Crippen LogP contribution in [0.25, 0.3) is 0 Å². The van der Waals surface area contributed by atoms with Gasteiger partial charge >= 0.3 is 0 Å². The van der Waals surface area contributed by atoms with Crippen LogP contribution in [0, 0.1) is 0 Å². The van der Waals surface area contributed by atoms with E-state index in [-0.39, 0.29) is 11.6 Å². The summed E-state index contributed by atoms with van der Waals surface area (Å²) in [7, 11) is -0.480. The molecule has 2 aromatic carbocycles. The van der Waals surface area contributed by atoms with Gasteiger partial charge in [-0.3, -0.25) is 13.9 Å². The first-order valence-electron chi connectivity index (χ1n) is 8.03. The Morgan fingerprint density at radius 3 is 2.21 bits per heavy atom. The molecule has 0 unspecified atom stereocenters. The molecule has 0 saturated heterocycles. The third-order valence-corrected chi connectivity index (χ3v) is 6.07. The van der Waals surface area contributed by atoms with Crippen molar-refractivity contribution in [1.82, 2.24) is 4.90 Å². The van der Waals surface area contributed by atoms with Crippen LogP contribution in [0.15, 0.2) is 46.9 Å². The molecule has 2 rings (SSSR count). The van der Waals surface area contributed by atoms with E-state index in [1.165, 1.54) is 29.2 Å². The third-order valence-electron chi connectivity index (χ3n) is 3.70. The zero-order valence-corrected chi connectivity index (χ0v) is 18.6. The summed E-state index contributed by atoms with van der Waals surface area (Å²) in [6.07, 6.45) is 1.01. The summed E-state index contributed by atoms with van der Waals surface area (Å²) in [5.41, 5.74) is 1.14. The lowest BCUT2D eigenvalue weighted by Gasteiger charge is -2.22. The summed E-state index contributed by atoms with van der Waals surface area (Å²) >= 11 is 9.26. The second kappa shape index (κ2) is 8.93. The van der Waals surface area contributed by atoms with E-state index in [0.29, 0.717) is 20.7 Å². The highest BCUT2D eigenvalue weighted by Gasteiger charge is 2.21. The Labute approximate surface area is 177 Å². The lowest BCUT2D eigenvalue weighted by Crippen LogP contribution is -2.37. The van der Waals surface area contributed by atoms with Crippen LogP contribution in [0.4, 0.5) is 11.4 Å². The van der Waals surface area contributed by atoms with Gasteiger partial charge < -0.3 is 10.2 Å². The Balaban J connectivity index is 2.21. The van der Waals surface area contributed by atoms with Gasteiger partial charge in [0.2, 0.25) is 15.9 Å². The molecular weight excluding hydrogens is 470 g/mol. The number of carbonyl (C=O) groups excluding carboxylic acids is 2. The number of hydrogen-bond donors (Lipinski definition) is 1. The van der Waals surface area contributed by atoms with E-state index in [0.717, 1.165) is 10.6 Å². The molecule has 0 radical (unpaired) electrons. The van der Waals surface area contributed by atoms with Gasteiger partial charge in [0.25, 0.3) is 5.91 Å². The molecule has 1 N–H and O–H groups in total. The summed E-state index contributed by atoms with van der Waals surface area (Å²) in [5, 5.41) is 3.03. The van der Waals surface area contributed by atoms with Gasteiger partial charge in [0.1, 0.15) is 6.54 Å². The first-order valence-corrected chi connectivity index (χ1v) is 11.1. The molecule has 0 bridgehead atoms. The van der Waals surface area contributed by atoms with Gasteiger partial charge in [0.15, 0.2) is 0 Å². The minimum atomic E-state index is -3.73. The summed E-state index contributed by atoms with van der Waals surface area (Å²) < 4.78 is 26.0. The van der Waals surface area contributed by atoms with E-state index in [2.05, 4.69) is 21.2 Å². The van der Waals surface area contributed by atoms with Gasteiger partial charge in [-0.15, -0.1) is 0 Å². The molecule has 0 aliphatic carbocycles. The Morgan fingerprint density at radius 1 is 1.11 bits per heavy atom. The highest BCUT2D eigenvalue weighted by molar-refractivity contribution is 9.10. The lowest BCUT2D eigenvalue weighted by molar-refractivity contribution is -0.114. The number of hydrogen-bond acceptors (Lipinski definition) is 4. The smallest absolute Gasteiger partial charge is 0.253 e. The van der Waals surface area contributed by atoms with E-state index in [1.807, 2.05) is 0 Å². The molecule has 28 heavy (non-hydrogen) atoms. The Kier molecular flexibility index (Phi) is 7.08. The molecule has 2 amide bonds. The number of benzene rings is 2. The van der Waals surface area contributed by atoms with Crippen LogP contribution >= 0.6 is 27.5 Å². The average molecular weight is 489 g/mol. The first-order chi connectivity index (χ1) is 13.0. The predicted molar refractivity (Wildman–Crippen MR) is 114 cm³/mol. The SMILES string of the molecule is CN(C)C(=O)c1ccc(N(CC(=O)Nc2ccc(Br)c(Cl)c2)S(C)(=O)=O)cc1. The second-order valence-electron chi connectivity index (χ2n) is 6.19. The number of nitrogens with one attached hydrogen (secondary N) is 1. The van der Waals surface area contributed by atoms with Gasteiger partial charge in [-0.05, 0) is 58.4 Å². The monoisotopic (exact) mass is 487 g/mol. The second-order valence-corrected chi connectivity index (χ2v) is 9.36. The Morgan fingerprint density at radius 2 is 1.71 bits per heavy atom. The molecule has 0 aliphatic rings. The van der Waals surface area contributed by atoms with Crippen molar-refractivity contribution in [3.8, 4) is 0 Å². The summed E-state index contributed by atoms with van der Waals surface area (Å²) in [4.78, 5) is 25.8. The number of sulfonamides is 1. The Bertz CT molecular complexity index is 994. The first kappa shape index (κ1) is 22.2. The van der Waals surface area contributed by atoms with Crippen LogP contribution in [0.1, 0.15) is 10.4 Å². The fourth-order valence-electron chi connectivity index (χ4n) is 2.33. The fourth-order valence-corrected chi connectivity index (χ4v) is 3.62. The summed E-state index contributed by atoms with van der Waals surface area (Å²) in [6.45, 7) is -0.423. The van der Waals surface area contributed by atoms with Crippen LogP contribution in [0.2, 0.25) is 5.02 Å². The molecule has 0 aromatic heterocycles. The molecule has 7 nitrogen and oxygen atoms in total. The van der Waals surface area contributed by atoms with Crippen LogP contribution < -0.4 is 9.62 Å². The number of nitrogens with zero attached hydrogens (tertiary/aromatic N) is 2. The van der Waals surface area contributed by atoms with Crippen molar-refractivity contribution in [2.45, 2.75) is 0 Å². The summed E-state index contributed by atoms with van der Waals surface area (Å²) in [5.74, 6) is -0.737. The van der Waals surface area contributed by atoms with E-state index in [1.54, 1.807) is 32.3 Å². The fraction of sp³-hybridized carbons (Fsp3) is 0.222. The van der Waals surface area contributed by atoms with Crippen LogP contribution in [0.3, 0.4) is 0 Å². The lowest BCUT2D eigenvalue weighted by atomic mass is 10.2. The largest absolute Gasteiger partial charge is 0.345 e. The number of halogens is 2. The van der Waals surface area contributed by atoms with E-state index in [4.69, 9.17) is 11.6 Å². The predicted octanol–water partition coefficient (Wildman–Crippen LogP) is 3.21. The van der Waals surface area contributed by atoms with Crippen molar-refractivity contribution in [2.75, 3.05) is 36.5 Å². The topological polar surface area (TPSA) is 86.8 Å². The van der Waals surface area contributed by atoms with E-state index < -0.39 is 22.5 Å². The van der Waals surface area contributed by atoms with Crippen LogP contribution in [-0.4, -0.2) is 52.0 Å². The zero-order valence-electron chi connectivity index (χ0n) is 15.4. The normalized spacial score (nSPS) is 11.0. The van der Waals surface area contributed by atoms with Crippen LogP contribution in [-0.2, 0) is 14.8 Å². The number of rotatable bonds is 6. The van der Waals surface area contributed by atoms with E-state index >= 15 is 0 Å². The maximum absolute atomic E-state index is 12.4. The van der Waals surface area contributed by atoms with Gasteiger partial charge in [0.05, 0.1) is 17.0 Å². The molecule has 0 atom stereocenters. The molecule has 0 heterocycles. The van der Waals surface area contributed by atoms with Gasteiger partial charge in [0, 0.05) is 29.8 Å².